The van der Waals surface area contributed by atoms with Gasteiger partial charge in [0.15, 0.2) is 6.61 Å². The molecule has 0 radical (unpaired) electrons. The number of aromatic nitrogens is 1. The molecule has 0 saturated carbocycles. The third-order valence-corrected chi connectivity index (χ3v) is 2.64. The fourth-order valence-corrected chi connectivity index (χ4v) is 1.58. The van der Waals surface area contributed by atoms with Crippen molar-refractivity contribution in [1.29, 1.82) is 0 Å². The van der Waals surface area contributed by atoms with Gasteiger partial charge in [-0.2, -0.15) is 0 Å². The molecule has 3 heteroatoms. The van der Waals surface area contributed by atoms with E-state index in [0.717, 1.165) is 11.3 Å². The van der Waals surface area contributed by atoms with Crippen LogP contribution in [0.1, 0.15) is 22.4 Å². The molecule has 0 bridgehead atoms. The lowest BCUT2D eigenvalue weighted by Gasteiger charge is -2.01. The Bertz CT molecular complexity index is 535. The molecule has 0 aliphatic heterocycles. The number of hydrogen-bond acceptors (Lipinski definition) is 3. The number of benzene rings is 1. The number of hydrogen-bond donors (Lipinski definition) is 0. The van der Waals surface area contributed by atoms with Crippen molar-refractivity contribution in [2.24, 2.45) is 5.16 Å². The SMILES string of the molecule is Cc1ccc(C)c(/C=N/OCc2ccccn2)c1. The Morgan fingerprint density at radius 2 is 2.11 bits per heavy atom. The zero-order chi connectivity index (χ0) is 12.8. The second-order valence-corrected chi connectivity index (χ2v) is 4.19. The van der Waals surface area contributed by atoms with Gasteiger partial charge in [0.1, 0.15) is 0 Å². The molecular weight excluding hydrogens is 224 g/mol. The van der Waals surface area contributed by atoms with Crippen molar-refractivity contribution < 1.29 is 4.84 Å². The average molecular weight is 240 g/mol. The van der Waals surface area contributed by atoms with E-state index < -0.39 is 0 Å². The molecule has 18 heavy (non-hydrogen) atoms. The quantitative estimate of drug-likeness (QED) is 0.607. The van der Waals surface area contributed by atoms with Crippen LogP contribution < -0.4 is 0 Å². The van der Waals surface area contributed by atoms with Gasteiger partial charge in [-0.15, -0.1) is 0 Å². The van der Waals surface area contributed by atoms with E-state index in [1.165, 1.54) is 11.1 Å². The average Bonchev–Trinajstić information content (AvgIpc) is 2.40. The number of rotatable bonds is 4. The van der Waals surface area contributed by atoms with Crippen LogP contribution in [0, 0.1) is 13.8 Å². The summed E-state index contributed by atoms with van der Waals surface area (Å²) in [4.78, 5) is 9.38. The summed E-state index contributed by atoms with van der Waals surface area (Å²) in [5, 5.41) is 3.97. The highest BCUT2D eigenvalue weighted by Gasteiger charge is 1.95. The van der Waals surface area contributed by atoms with Gasteiger partial charge in [-0.05, 0) is 37.1 Å². The summed E-state index contributed by atoms with van der Waals surface area (Å²) < 4.78 is 0. The van der Waals surface area contributed by atoms with Crippen LogP contribution in [0.3, 0.4) is 0 Å². The number of pyridine rings is 1. The van der Waals surface area contributed by atoms with Gasteiger partial charge in [-0.25, -0.2) is 0 Å². The second-order valence-electron chi connectivity index (χ2n) is 4.19. The van der Waals surface area contributed by atoms with E-state index >= 15 is 0 Å². The maximum Gasteiger partial charge on any atom is 0.159 e. The molecular formula is C15H16N2O. The lowest BCUT2D eigenvalue weighted by Crippen LogP contribution is -1.92. The van der Waals surface area contributed by atoms with Crippen molar-refractivity contribution in [2.75, 3.05) is 0 Å². The third kappa shape index (κ3) is 3.42. The largest absolute Gasteiger partial charge is 0.389 e. The van der Waals surface area contributed by atoms with Crippen molar-refractivity contribution in [1.82, 2.24) is 4.98 Å². The molecule has 1 heterocycles. The van der Waals surface area contributed by atoms with Gasteiger partial charge in [-0.3, -0.25) is 4.98 Å². The van der Waals surface area contributed by atoms with Crippen LogP contribution >= 0.6 is 0 Å². The number of nitrogens with zero attached hydrogens (tertiary/aromatic N) is 2. The molecule has 1 aromatic heterocycles. The highest BCUT2D eigenvalue weighted by molar-refractivity contribution is 5.81. The molecule has 3 nitrogen and oxygen atoms in total. The van der Waals surface area contributed by atoms with Crippen LogP contribution in [0.15, 0.2) is 47.8 Å². The van der Waals surface area contributed by atoms with E-state index in [2.05, 4.69) is 42.2 Å². The van der Waals surface area contributed by atoms with E-state index in [4.69, 9.17) is 4.84 Å². The summed E-state index contributed by atoms with van der Waals surface area (Å²) in [6.45, 7) is 4.51. The van der Waals surface area contributed by atoms with Crippen molar-refractivity contribution in [2.45, 2.75) is 20.5 Å². The van der Waals surface area contributed by atoms with Gasteiger partial charge < -0.3 is 4.84 Å². The van der Waals surface area contributed by atoms with Crippen molar-refractivity contribution in [3.63, 3.8) is 0 Å². The van der Waals surface area contributed by atoms with Gasteiger partial charge in [0.25, 0.3) is 0 Å². The molecule has 0 atom stereocenters. The van der Waals surface area contributed by atoms with Gasteiger partial charge >= 0.3 is 0 Å². The molecule has 1 aromatic carbocycles. The number of oxime groups is 1. The van der Waals surface area contributed by atoms with E-state index in [1.807, 2.05) is 18.2 Å². The summed E-state index contributed by atoms with van der Waals surface area (Å²) in [6, 6.07) is 12.0. The van der Waals surface area contributed by atoms with Crippen LogP contribution in [-0.2, 0) is 11.4 Å². The number of aryl methyl sites for hydroxylation is 2. The zero-order valence-corrected chi connectivity index (χ0v) is 10.6. The molecule has 0 unspecified atom stereocenters. The van der Waals surface area contributed by atoms with Gasteiger partial charge in [0.05, 0.1) is 11.9 Å². The lowest BCUT2D eigenvalue weighted by molar-refractivity contribution is 0.129. The van der Waals surface area contributed by atoms with Crippen molar-refractivity contribution >= 4 is 6.21 Å². The van der Waals surface area contributed by atoms with E-state index in [1.54, 1.807) is 12.4 Å². The zero-order valence-electron chi connectivity index (χ0n) is 10.6. The summed E-state index contributed by atoms with van der Waals surface area (Å²) in [5.74, 6) is 0. The Hall–Kier alpha value is -2.16. The van der Waals surface area contributed by atoms with Gasteiger partial charge in [-0.1, -0.05) is 35.0 Å². The van der Waals surface area contributed by atoms with Crippen molar-refractivity contribution in [3.8, 4) is 0 Å². The molecule has 0 spiro atoms. The Morgan fingerprint density at radius 1 is 1.22 bits per heavy atom. The maximum absolute atomic E-state index is 5.23. The van der Waals surface area contributed by atoms with Gasteiger partial charge in [0.2, 0.25) is 0 Å². The molecule has 0 fully saturated rings. The molecule has 0 N–H and O–H groups in total. The highest BCUT2D eigenvalue weighted by Crippen LogP contribution is 2.08. The molecule has 2 rings (SSSR count). The molecule has 0 amide bonds. The van der Waals surface area contributed by atoms with Crippen LogP contribution in [0.4, 0.5) is 0 Å². The summed E-state index contributed by atoms with van der Waals surface area (Å²) in [5.41, 5.74) is 4.35. The lowest BCUT2D eigenvalue weighted by atomic mass is 10.1. The second kappa shape index (κ2) is 5.96. The predicted molar refractivity (Wildman–Crippen MR) is 72.5 cm³/mol. The summed E-state index contributed by atoms with van der Waals surface area (Å²) >= 11 is 0. The topological polar surface area (TPSA) is 34.5 Å². The normalized spacial score (nSPS) is 10.8. The fourth-order valence-electron chi connectivity index (χ4n) is 1.58. The van der Waals surface area contributed by atoms with Crippen LogP contribution in [0.25, 0.3) is 0 Å². The minimum Gasteiger partial charge on any atom is -0.389 e. The summed E-state index contributed by atoms with van der Waals surface area (Å²) in [6.07, 6.45) is 3.48. The highest BCUT2D eigenvalue weighted by atomic mass is 16.6. The minimum absolute atomic E-state index is 0.391. The first-order valence-electron chi connectivity index (χ1n) is 5.88. The maximum atomic E-state index is 5.23. The monoisotopic (exact) mass is 240 g/mol. The third-order valence-electron chi connectivity index (χ3n) is 2.64. The standard InChI is InChI=1S/C15H16N2O/c1-12-6-7-13(2)14(9-12)10-17-18-11-15-5-3-4-8-16-15/h3-10H,11H2,1-2H3/b17-10+. The predicted octanol–water partition coefficient (Wildman–Crippen LogP) is 3.25. The van der Waals surface area contributed by atoms with Crippen LogP contribution in [0.5, 0.6) is 0 Å². The Labute approximate surface area is 107 Å². The van der Waals surface area contributed by atoms with Gasteiger partial charge in [0, 0.05) is 6.20 Å². The smallest absolute Gasteiger partial charge is 0.159 e. The minimum atomic E-state index is 0.391. The molecule has 2 aromatic rings. The van der Waals surface area contributed by atoms with Crippen molar-refractivity contribution in [3.05, 3.63) is 65.0 Å². The molecule has 0 saturated heterocycles. The first-order valence-corrected chi connectivity index (χ1v) is 5.88. The van der Waals surface area contributed by atoms with E-state index in [9.17, 15) is 0 Å². The first kappa shape index (κ1) is 12.3. The molecule has 0 aliphatic rings. The fraction of sp³-hybridized carbons (Fsp3) is 0.200. The Kier molecular flexibility index (Phi) is 4.07. The van der Waals surface area contributed by atoms with E-state index in [-0.39, 0.29) is 0 Å². The van der Waals surface area contributed by atoms with Crippen LogP contribution in [0.2, 0.25) is 0 Å². The molecule has 0 aliphatic carbocycles. The Balaban J connectivity index is 1.94. The van der Waals surface area contributed by atoms with E-state index in [0.29, 0.717) is 6.61 Å². The summed E-state index contributed by atoms with van der Waals surface area (Å²) in [7, 11) is 0. The first-order chi connectivity index (χ1) is 8.75. The Morgan fingerprint density at radius 3 is 2.89 bits per heavy atom. The molecule has 92 valence electrons. The van der Waals surface area contributed by atoms with Crippen LogP contribution in [-0.4, -0.2) is 11.2 Å².